The highest BCUT2D eigenvalue weighted by atomic mass is 16.6. The molecule has 1 saturated heterocycles. The number of ether oxygens (including phenoxy) is 2. The van der Waals surface area contributed by atoms with Crippen molar-refractivity contribution < 1.29 is 43.7 Å². The van der Waals surface area contributed by atoms with Crippen molar-refractivity contribution in [2.75, 3.05) is 32.8 Å². The Bertz CT molecular complexity index is 1550. The normalized spacial score (nSPS) is 14.4. The van der Waals surface area contributed by atoms with Gasteiger partial charge in [0.05, 0.1) is 12.1 Å². The van der Waals surface area contributed by atoms with E-state index in [1.54, 1.807) is 49.4 Å². The van der Waals surface area contributed by atoms with E-state index in [-0.39, 0.29) is 62.8 Å². The quantitative estimate of drug-likeness (QED) is 0.249. The number of carbonyl (C=O) groups is 5. The highest BCUT2D eigenvalue weighted by molar-refractivity contribution is 5.99. The molecule has 14 heteroatoms. The molecule has 3 amide bonds. The number of benzene rings is 2. The molecule has 0 bridgehead atoms. The van der Waals surface area contributed by atoms with Crippen molar-refractivity contribution in [1.29, 1.82) is 0 Å². The van der Waals surface area contributed by atoms with Gasteiger partial charge >= 0.3 is 18.0 Å². The van der Waals surface area contributed by atoms with Crippen LogP contribution >= 0.6 is 0 Å². The Morgan fingerprint density at radius 3 is 2.36 bits per heavy atom. The number of piperazine rings is 1. The predicted octanol–water partition coefficient (Wildman–Crippen LogP) is 2.38. The largest absolute Gasteiger partial charge is 0.481 e. The number of carboxylic acids is 2. The van der Waals surface area contributed by atoms with Gasteiger partial charge in [-0.15, -0.1) is 0 Å². The second-order valence-corrected chi connectivity index (χ2v) is 9.98. The molecule has 1 aromatic heterocycles. The Morgan fingerprint density at radius 2 is 1.68 bits per heavy atom. The van der Waals surface area contributed by atoms with E-state index in [2.05, 4.69) is 10.3 Å². The molecule has 2 aromatic carbocycles. The zero-order valence-corrected chi connectivity index (χ0v) is 24.0. The maximum atomic E-state index is 13.5. The lowest BCUT2D eigenvalue weighted by atomic mass is 10.1. The van der Waals surface area contributed by atoms with E-state index in [0.717, 1.165) is 0 Å². The maximum Gasteiger partial charge on any atom is 0.409 e. The molecule has 1 fully saturated rings. The van der Waals surface area contributed by atoms with Crippen molar-refractivity contribution in [3.63, 3.8) is 0 Å². The van der Waals surface area contributed by atoms with E-state index in [4.69, 9.17) is 15.2 Å². The molecule has 2 heterocycles. The second kappa shape index (κ2) is 14.3. The third-order valence-electron chi connectivity index (χ3n) is 6.99. The van der Waals surface area contributed by atoms with Gasteiger partial charge in [0, 0.05) is 44.1 Å². The molecule has 2 atom stereocenters. The lowest BCUT2D eigenvalue weighted by Crippen LogP contribution is -2.56. The molecule has 0 spiro atoms. The van der Waals surface area contributed by atoms with Gasteiger partial charge in [-0.25, -0.2) is 9.78 Å². The van der Waals surface area contributed by atoms with Crippen molar-refractivity contribution in [2.24, 2.45) is 5.73 Å². The molecule has 232 valence electrons. The Morgan fingerprint density at radius 1 is 0.977 bits per heavy atom. The fourth-order valence-corrected chi connectivity index (χ4v) is 4.69. The number of nitrogens with zero attached hydrogens (tertiary/aromatic N) is 3. The second-order valence-electron chi connectivity index (χ2n) is 9.98. The van der Waals surface area contributed by atoms with Crippen LogP contribution in [0.5, 0.6) is 11.5 Å². The van der Waals surface area contributed by atoms with E-state index in [9.17, 15) is 34.2 Å². The summed E-state index contributed by atoms with van der Waals surface area (Å²) in [6, 6.07) is 12.1. The van der Waals surface area contributed by atoms with Gasteiger partial charge in [-0.05, 0) is 43.2 Å². The first-order valence-electron chi connectivity index (χ1n) is 14.0. The van der Waals surface area contributed by atoms with Gasteiger partial charge in [0.25, 0.3) is 5.91 Å². The van der Waals surface area contributed by atoms with Crippen molar-refractivity contribution in [3.8, 4) is 11.5 Å². The molecule has 0 aliphatic carbocycles. The number of fused-ring (bicyclic) bond motifs is 1. The number of nitrogens with two attached hydrogens (primary N) is 1. The van der Waals surface area contributed by atoms with Gasteiger partial charge in [-0.2, -0.15) is 0 Å². The Hall–Kier alpha value is -5.24. The van der Waals surface area contributed by atoms with Crippen LogP contribution in [0.4, 0.5) is 4.79 Å². The summed E-state index contributed by atoms with van der Waals surface area (Å²) in [6.45, 7) is 2.76. The molecule has 0 saturated carbocycles. The van der Waals surface area contributed by atoms with Gasteiger partial charge in [0.1, 0.15) is 29.3 Å². The summed E-state index contributed by atoms with van der Waals surface area (Å²) in [5.41, 5.74) is 6.39. The minimum absolute atomic E-state index is 0.0858. The molecule has 1 aliphatic heterocycles. The van der Waals surface area contributed by atoms with Crippen LogP contribution in [0.1, 0.15) is 41.9 Å². The highest BCUT2D eigenvalue weighted by Crippen LogP contribution is 2.31. The number of aromatic nitrogens is 1. The first-order valence-corrected chi connectivity index (χ1v) is 14.0. The number of carbonyl (C=O) groups excluding carboxylic acids is 3. The molecule has 44 heavy (non-hydrogen) atoms. The summed E-state index contributed by atoms with van der Waals surface area (Å²) in [5, 5.41) is 21.7. The number of hydrogen-bond acceptors (Lipinski definition) is 9. The fraction of sp³-hybridized carbons (Fsp3) is 0.333. The zero-order chi connectivity index (χ0) is 31.8. The smallest absolute Gasteiger partial charge is 0.409 e. The van der Waals surface area contributed by atoms with Crippen molar-refractivity contribution in [1.82, 2.24) is 20.1 Å². The first-order chi connectivity index (χ1) is 21.1. The van der Waals surface area contributed by atoms with E-state index in [1.807, 2.05) is 0 Å². The number of para-hydroxylation sites is 1. The summed E-state index contributed by atoms with van der Waals surface area (Å²) >= 11 is 0. The predicted molar refractivity (Wildman–Crippen MR) is 156 cm³/mol. The van der Waals surface area contributed by atoms with Crippen LogP contribution in [0, 0.1) is 0 Å². The third-order valence-corrected chi connectivity index (χ3v) is 6.99. The van der Waals surface area contributed by atoms with Crippen LogP contribution in [-0.4, -0.2) is 93.7 Å². The van der Waals surface area contributed by atoms with Gasteiger partial charge in [0.2, 0.25) is 5.91 Å². The molecule has 5 N–H and O–H groups in total. The van der Waals surface area contributed by atoms with Crippen LogP contribution in [0.15, 0.2) is 54.6 Å². The number of rotatable bonds is 11. The van der Waals surface area contributed by atoms with Gasteiger partial charge < -0.3 is 40.5 Å². The summed E-state index contributed by atoms with van der Waals surface area (Å²) < 4.78 is 11.1. The number of aliphatic carboxylic acids is 2. The fourth-order valence-electron chi connectivity index (χ4n) is 4.69. The van der Waals surface area contributed by atoms with Crippen molar-refractivity contribution in [3.05, 3.63) is 65.9 Å². The Labute approximate surface area is 252 Å². The van der Waals surface area contributed by atoms with Crippen LogP contribution in [0.3, 0.4) is 0 Å². The van der Waals surface area contributed by atoms with E-state index >= 15 is 0 Å². The van der Waals surface area contributed by atoms with Crippen LogP contribution in [0.25, 0.3) is 10.9 Å². The minimum atomic E-state index is -1.26. The van der Waals surface area contributed by atoms with Gasteiger partial charge in [0.15, 0.2) is 0 Å². The standard InChI is InChI=1S/C30H33N5O9/c1-2-43-30(42)35-14-12-34(13-15-35)28(39)22(10-11-25(36)37)33-27(38)23-17-24(20-8-3-4-9-21(20)32-23)44-19-7-5-6-18(16-19)26(31)29(40)41/h3-9,16-17,22,26H,2,10-15,31H2,1H3,(H,33,38)(H,36,37)(H,40,41)/t22-,26?/m0/s1. The molecular formula is C30H33N5O9. The molecule has 3 aromatic rings. The minimum Gasteiger partial charge on any atom is -0.481 e. The third kappa shape index (κ3) is 7.77. The lowest BCUT2D eigenvalue weighted by molar-refractivity contribution is -0.139. The molecule has 14 nitrogen and oxygen atoms in total. The number of hydrogen-bond donors (Lipinski definition) is 4. The topological polar surface area (TPSA) is 202 Å². The summed E-state index contributed by atoms with van der Waals surface area (Å²) in [6.07, 6.45) is -1.01. The lowest BCUT2D eigenvalue weighted by Gasteiger charge is -2.35. The average Bonchev–Trinajstić information content (AvgIpc) is 3.02. The summed E-state index contributed by atoms with van der Waals surface area (Å²) in [5.74, 6) is -3.02. The molecule has 4 rings (SSSR count). The zero-order valence-electron chi connectivity index (χ0n) is 24.0. The monoisotopic (exact) mass is 607 g/mol. The van der Waals surface area contributed by atoms with E-state index in [1.165, 1.54) is 21.9 Å². The number of carboxylic acid groups (broad SMARTS) is 2. The molecule has 1 unspecified atom stereocenters. The SMILES string of the molecule is CCOC(=O)N1CCN(C(=O)[C@H](CCC(=O)O)NC(=O)c2cc(Oc3cccc(C(N)C(=O)O)c3)c3ccccc3n2)CC1. The van der Waals surface area contributed by atoms with Crippen LogP contribution < -0.4 is 15.8 Å². The molecule has 1 aliphatic rings. The van der Waals surface area contributed by atoms with E-state index < -0.39 is 41.9 Å². The molecular weight excluding hydrogens is 574 g/mol. The van der Waals surface area contributed by atoms with Gasteiger partial charge in [-0.3, -0.25) is 19.2 Å². The van der Waals surface area contributed by atoms with Crippen LogP contribution in [-0.2, 0) is 19.1 Å². The van der Waals surface area contributed by atoms with Crippen molar-refractivity contribution >= 4 is 40.7 Å². The number of nitrogens with one attached hydrogen (secondary N) is 1. The summed E-state index contributed by atoms with van der Waals surface area (Å²) in [4.78, 5) is 69.0. The average molecular weight is 608 g/mol. The highest BCUT2D eigenvalue weighted by Gasteiger charge is 2.31. The maximum absolute atomic E-state index is 13.5. The first kappa shape index (κ1) is 31.7. The van der Waals surface area contributed by atoms with Gasteiger partial charge in [-0.1, -0.05) is 24.3 Å². The van der Waals surface area contributed by atoms with Crippen molar-refractivity contribution in [2.45, 2.75) is 31.8 Å². The van der Waals surface area contributed by atoms with Crippen LogP contribution in [0.2, 0.25) is 0 Å². The molecule has 0 radical (unpaired) electrons. The number of amides is 3. The number of pyridine rings is 1. The van der Waals surface area contributed by atoms with E-state index in [0.29, 0.717) is 16.5 Å². The Kier molecular flexibility index (Phi) is 10.3. The summed E-state index contributed by atoms with van der Waals surface area (Å²) in [7, 11) is 0. The Balaban J connectivity index is 1.56.